The number of hydrogen-bond donors (Lipinski definition) is 3. The number of carboxylic acid groups (broad SMARTS) is 1. The van der Waals surface area contributed by atoms with Crippen LogP contribution in [0.2, 0.25) is 5.02 Å². The largest absolute Gasteiger partial charge is 0.478 e. The number of aliphatic hydroxyl groups excluding tert-OH is 1. The predicted molar refractivity (Wildman–Crippen MR) is 52.4 cm³/mol. The lowest BCUT2D eigenvalue weighted by atomic mass is 10.1. The standard InChI is InChI=1S/C9H10ClNO3/c10-7-2-1-5(8(11)4-12)3-6(7)9(13)14/h1-3,8,12H,4,11H2,(H,13,14). The lowest BCUT2D eigenvalue weighted by Crippen LogP contribution is -2.15. The predicted octanol–water partition coefficient (Wildman–Crippen LogP) is 1.03. The third-order valence-electron chi connectivity index (χ3n) is 1.85. The first-order chi connectivity index (χ1) is 6.56. The van der Waals surface area contributed by atoms with Gasteiger partial charge in [-0.2, -0.15) is 0 Å². The summed E-state index contributed by atoms with van der Waals surface area (Å²) in [7, 11) is 0. The Morgan fingerprint density at radius 1 is 1.57 bits per heavy atom. The van der Waals surface area contributed by atoms with Crippen LogP contribution in [0.3, 0.4) is 0 Å². The van der Waals surface area contributed by atoms with Crippen LogP contribution in [0.5, 0.6) is 0 Å². The van der Waals surface area contributed by atoms with E-state index in [0.717, 1.165) is 0 Å². The van der Waals surface area contributed by atoms with Crippen LogP contribution in [0, 0.1) is 0 Å². The van der Waals surface area contributed by atoms with Crippen molar-refractivity contribution >= 4 is 17.6 Å². The highest BCUT2D eigenvalue weighted by Gasteiger charge is 2.12. The van der Waals surface area contributed by atoms with Crippen LogP contribution in [0.25, 0.3) is 0 Å². The number of hydrogen-bond acceptors (Lipinski definition) is 3. The SMILES string of the molecule is NC(CO)c1ccc(Cl)c(C(=O)O)c1. The van der Waals surface area contributed by atoms with E-state index in [2.05, 4.69) is 0 Å². The van der Waals surface area contributed by atoms with E-state index in [4.69, 9.17) is 27.5 Å². The molecular weight excluding hydrogens is 206 g/mol. The second-order valence-electron chi connectivity index (χ2n) is 2.83. The molecule has 0 aliphatic heterocycles. The lowest BCUT2D eigenvalue weighted by Gasteiger charge is -2.09. The zero-order valence-corrected chi connectivity index (χ0v) is 8.03. The van der Waals surface area contributed by atoms with Crippen LogP contribution in [-0.2, 0) is 0 Å². The van der Waals surface area contributed by atoms with Gasteiger partial charge >= 0.3 is 5.97 Å². The molecule has 0 aliphatic rings. The molecule has 76 valence electrons. The zero-order chi connectivity index (χ0) is 10.7. The number of carbonyl (C=O) groups is 1. The van der Waals surface area contributed by atoms with Crippen molar-refractivity contribution in [1.82, 2.24) is 0 Å². The van der Waals surface area contributed by atoms with Crippen molar-refractivity contribution in [1.29, 1.82) is 0 Å². The maximum atomic E-state index is 10.7. The quantitative estimate of drug-likeness (QED) is 0.703. The number of nitrogens with two attached hydrogens (primary N) is 1. The molecule has 0 heterocycles. The van der Waals surface area contributed by atoms with Crippen LogP contribution in [0.15, 0.2) is 18.2 Å². The summed E-state index contributed by atoms with van der Waals surface area (Å²) in [6.07, 6.45) is 0. The summed E-state index contributed by atoms with van der Waals surface area (Å²) in [4.78, 5) is 10.7. The Kier molecular flexibility index (Phi) is 3.46. The maximum Gasteiger partial charge on any atom is 0.337 e. The first kappa shape index (κ1) is 11.0. The van der Waals surface area contributed by atoms with Gasteiger partial charge in [-0.05, 0) is 17.7 Å². The van der Waals surface area contributed by atoms with E-state index in [1.54, 1.807) is 6.07 Å². The molecule has 1 rings (SSSR count). The highest BCUT2D eigenvalue weighted by molar-refractivity contribution is 6.33. The molecule has 0 saturated carbocycles. The average Bonchev–Trinajstić information content (AvgIpc) is 2.17. The molecule has 1 atom stereocenters. The highest BCUT2D eigenvalue weighted by atomic mass is 35.5. The van der Waals surface area contributed by atoms with Gasteiger partial charge < -0.3 is 15.9 Å². The number of aromatic carboxylic acids is 1. The summed E-state index contributed by atoms with van der Waals surface area (Å²) in [6, 6.07) is 3.84. The van der Waals surface area contributed by atoms with Crippen molar-refractivity contribution in [2.24, 2.45) is 5.73 Å². The van der Waals surface area contributed by atoms with Gasteiger partial charge in [-0.1, -0.05) is 17.7 Å². The number of carboxylic acids is 1. The molecule has 1 unspecified atom stereocenters. The Bertz CT molecular complexity index is 354. The van der Waals surface area contributed by atoms with E-state index >= 15 is 0 Å². The topological polar surface area (TPSA) is 83.5 Å². The third-order valence-corrected chi connectivity index (χ3v) is 2.18. The van der Waals surface area contributed by atoms with Gasteiger partial charge in [-0.3, -0.25) is 0 Å². The number of rotatable bonds is 3. The molecule has 0 aromatic heterocycles. The molecule has 0 spiro atoms. The number of aliphatic hydroxyl groups is 1. The van der Waals surface area contributed by atoms with Crippen LogP contribution in [0.4, 0.5) is 0 Å². The normalized spacial score (nSPS) is 12.5. The van der Waals surface area contributed by atoms with Crippen LogP contribution in [-0.4, -0.2) is 22.8 Å². The molecule has 1 aromatic carbocycles. The third kappa shape index (κ3) is 2.23. The van der Waals surface area contributed by atoms with E-state index in [9.17, 15) is 4.79 Å². The summed E-state index contributed by atoms with van der Waals surface area (Å²) >= 11 is 5.65. The number of halogens is 1. The monoisotopic (exact) mass is 215 g/mol. The first-order valence-corrected chi connectivity index (χ1v) is 4.33. The van der Waals surface area contributed by atoms with Crippen LogP contribution >= 0.6 is 11.6 Å². The number of benzene rings is 1. The van der Waals surface area contributed by atoms with Gasteiger partial charge in [0, 0.05) is 0 Å². The summed E-state index contributed by atoms with van der Waals surface area (Å²) in [6.45, 7) is -0.235. The molecule has 0 amide bonds. The molecule has 4 nitrogen and oxygen atoms in total. The smallest absolute Gasteiger partial charge is 0.337 e. The van der Waals surface area contributed by atoms with Gasteiger partial charge in [0.2, 0.25) is 0 Å². The molecule has 14 heavy (non-hydrogen) atoms. The fraction of sp³-hybridized carbons (Fsp3) is 0.222. The molecule has 1 aromatic rings. The van der Waals surface area contributed by atoms with Gasteiger partial charge in [0.25, 0.3) is 0 Å². The Hall–Kier alpha value is -1.10. The summed E-state index contributed by atoms with van der Waals surface area (Å²) < 4.78 is 0. The molecule has 0 aliphatic carbocycles. The molecule has 0 radical (unpaired) electrons. The van der Waals surface area contributed by atoms with E-state index in [0.29, 0.717) is 5.56 Å². The molecule has 0 bridgehead atoms. The second kappa shape index (κ2) is 4.41. The summed E-state index contributed by atoms with van der Waals surface area (Å²) in [5.41, 5.74) is 6.07. The van der Waals surface area contributed by atoms with E-state index < -0.39 is 12.0 Å². The van der Waals surface area contributed by atoms with E-state index in [-0.39, 0.29) is 17.2 Å². The van der Waals surface area contributed by atoms with Crippen molar-refractivity contribution in [3.05, 3.63) is 34.3 Å². The zero-order valence-electron chi connectivity index (χ0n) is 7.27. The second-order valence-corrected chi connectivity index (χ2v) is 3.24. The highest BCUT2D eigenvalue weighted by Crippen LogP contribution is 2.20. The van der Waals surface area contributed by atoms with Gasteiger partial charge in [0.05, 0.1) is 23.2 Å². The minimum absolute atomic E-state index is 0.00642. The molecule has 4 N–H and O–H groups in total. The van der Waals surface area contributed by atoms with Gasteiger partial charge in [-0.25, -0.2) is 4.79 Å². The molecule has 5 heteroatoms. The van der Waals surface area contributed by atoms with Crippen molar-refractivity contribution < 1.29 is 15.0 Å². The minimum Gasteiger partial charge on any atom is -0.478 e. The van der Waals surface area contributed by atoms with Crippen molar-refractivity contribution in [3.8, 4) is 0 Å². The fourth-order valence-electron chi connectivity index (χ4n) is 1.04. The van der Waals surface area contributed by atoms with Crippen molar-refractivity contribution in [3.63, 3.8) is 0 Å². The Morgan fingerprint density at radius 2 is 2.21 bits per heavy atom. The Labute approximate surface area is 85.9 Å². The van der Waals surface area contributed by atoms with Crippen molar-refractivity contribution in [2.75, 3.05) is 6.61 Å². The summed E-state index contributed by atoms with van der Waals surface area (Å²) in [5.74, 6) is -1.11. The molecular formula is C9H10ClNO3. The minimum atomic E-state index is -1.11. The van der Waals surface area contributed by atoms with Gasteiger partial charge in [-0.15, -0.1) is 0 Å². The Morgan fingerprint density at radius 3 is 2.71 bits per heavy atom. The van der Waals surface area contributed by atoms with E-state index in [1.165, 1.54) is 12.1 Å². The van der Waals surface area contributed by atoms with Gasteiger partial charge in [0.1, 0.15) is 0 Å². The van der Waals surface area contributed by atoms with E-state index in [1.807, 2.05) is 0 Å². The first-order valence-electron chi connectivity index (χ1n) is 3.95. The van der Waals surface area contributed by atoms with Crippen LogP contribution in [0.1, 0.15) is 22.0 Å². The molecule has 0 saturated heterocycles. The molecule has 0 fully saturated rings. The van der Waals surface area contributed by atoms with Crippen molar-refractivity contribution in [2.45, 2.75) is 6.04 Å². The maximum absolute atomic E-state index is 10.7. The fourth-order valence-corrected chi connectivity index (χ4v) is 1.24. The van der Waals surface area contributed by atoms with Gasteiger partial charge in [0.15, 0.2) is 0 Å². The van der Waals surface area contributed by atoms with Crippen LogP contribution < -0.4 is 5.73 Å². The Balaban J connectivity index is 3.12. The average molecular weight is 216 g/mol. The summed E-state index contributed by atoms with van der Waals surface area (Å²) in [5, 5.41) is 17.7. The lowest BCUT2D eigenvalue weighted by molar-refractivity contribution is 0.0697.